The summed E-state index contributed by atoms with van der Waals surface area (Å²) in [4.78, 5) is 21.1. The Bertz CT molecular complexity index is 426. The molecule has 0 radical (unpaired) electrons. The van der Waals surface area contributed by atoms with Crippen LogP contribution in [-0.4, -0.2) is 42.1 Å². The van der Waals surface area contributed by atoms with Gasteiger partial charge in [0.2, 0.25) is 0 Å². The minimum atomic E-state index is -0.0431. The predicted octanol–water partition coefficient (Wildman–Crippen LogP) is -0.0533. The van der Waals surface area contributed by atoms with Crippen molar-refractivity contribution in [3.8, 4) is 0 Å². The second kappa shape index (κ2) is 4.76. The highest BCUT2D eigenvalue weighted by atomic mass is 16.5. The summed E-state index contributed by atoms with van der Waals surface area (Å²) >= 11 is 0. The zero-order chi connectivity index (χ0) is 11.5. The summed E-state index contributed by atoms with van der Waals surface area (Å²) in [5, 5.41) is 0. The molecule has 0 saturated carbocycles. The van der Waals surface area contributed by atoms with Gasteiger partial charge in [0.25, 0.3) is 5.56 Å². The van der Waals surface area contributed by atoms with E-state index in [-0.39, 0.29) is 5.56 Å². The molecule has 0 atom stereocenters. The van der Waals surface area contributed by atoms with Crippen molar-refractivity contribution in [2.24, 2.45) is 0 Å². The van der Waals surface area contributed by atoms with Gasteiger partial charge < -0.3 is 14.6 Å². The van der Waals surface area contributed by atoms with Gasteiger partial charge in [0.15, 0.2) is 0 Å². The van der Waals surface area contributed by atoms with E-state index in [1.807, 2.05) is 14.1 Å². The molecule has 0 spiro atoms. The van der Waals surface area contributed by atoms with E-state index < -0.39 is 0 Å². The van der Waals surface area contributed by atoms with Gasteiger partial charge in [-0.2, -0.15) is 0 Å². The Morgan fingerprint density at radius 1 is 1.50 bits per heavy atom. The quantitative estimate of drug-likeness (QED) is 0.780. The van der Waals surface area contributed by atoms with Crippen LogP contribution in [0.3, 0.4) is 0 Å². The zero-order valence-electron chi connectivity index (χ0n) is 9.75. The Balaban J connectivity index is 2.22. The average Bonchev–Trinajstić information content (AvgIpc) is 2.26. The number of ether oxygens (including phenoxy) is 1. The molecule has 5 heteroatoms. The summed E-state index contributed by atoms with van der Waals surface area (Å²) in [7, 11) is 4.01. The fourth-order valence-corrected chi connectivity index (χ4v) is 1.74. The first-order chi connectivity index (χ1) is 7.66. The lowest BCUT2D eigenvalue weighted by atomic mass is 10.1. The Kier molecular flexibility index (Phi) is 3.36. The van der Waals surface area contributed by atoms with Crippen LogP contribution >= 0.6 is 0 Å². The number of hydrogen-bond acceptors (Lipinski definition) is 4. The number of aromatic nitrogens is 2. The molecule has 1 aliphatic heterocycles. The molecule has 0 amide bonds. The Morgan fingerprint density at radius 2 is 2.31 bits per heavy atom. The van der Waals surface area contributed by atoms with Gasteiger partial charge in [0.05, 0.1) is 24.5 Å². The summed E-state index contributed by atoms with van der Waals surface area (Å²) in [5.41, 5.74) is 1.56. The minimum absolute atomic E-state index is 0.0431. The van der Waals surface area contributed by atoms with Crippen LogP contribution in [0.5, 0.6) is 0 Å². The molecule has 0 aromatic carbocycles. The minimum Gasteiger partial charge on any atom is -0.376 e. The molecule has 0 fully saturated rings. The molecule has 1 N–H and O–H groups in total. The maximum atomic E-state index is 11.7. The van der Waals surface area contributed by atoms with E-state index in [0.717, 1.165) is 30.9 Å². The highest BCUT2D eigenvalue weighted by molar-refractivity contribution is 5.19. The highest BCUT2D eigenvalue weighted by Gasteiger charge is 2.15. The molecular weight excluding hydrogens is 206 g/mol. The third-order valence-electron chi connectivity index (χ3n) is 2.68. The van der Waals surface area contributed by atoms with Gasteiger partial charge in [-0.15, -0.1) is 0 Å². The largest absolute Gasteiger partial charge is 0.376 e. The molecule has 0 bridgehead atoms. The Morgan fingerprint density at radius 3 is 3.06 bits per heavy atom. The molecule has 0 aliphatic carbocycles. The van der Waals surface area contributed by atoms with Crippen LogP contribution in [0.1, 0.15) is 17.1 Å². The van der Waals surface area contributed by atoms with Gasteiger partial charge in [0.1, 0.15) is 5.82 Å². The molecule has 5 nitrogen and oxygen atoms in total. The zero-order valence-corrected chi connectivity index (χ0v) is 9.75. The lowest BCUT2D eigenvalue weighted by Gasteiger charge is -2.16. The standard InChI is InChI=1S/C11H17N3O2/c1-14(2)5-3-10-12-9-4-6-16-7-8(9)11(15)13-10/h3-7H2,1-2H3,(H,12,13,15). The third-order valence-corrected chi connectivity index (χ3v) is 2.68. The van der Waals surface area contributed by atoms with Crippen molar-refractivity contribution in [1.82, 2.24) is 14.9 Å². The lowest BCUT2D eigenvalue weighted by Crippen LogP contribution is -2.26. The molecule has 1 aromatic heterocycles. The predicted molar refractivity (Wildman–Crippen MR) is 60.5 cm³/mol. The maximum Gasteiger partial charge on any atom is 0.256 e. The summed E-state index contributed by atoms with van der Waals surface area (Å²) in [6, 6.07) is 0. The summed E-state index contributed by atoms with van der Waals surface area (Å²) in [6.07, 6.45) is 1.52. The molecule has 88 valence electrons. The first-order valence-electron chi connectivity index (χ1n) is 5.50. The van der Waals surface area contributed by atoms with Gasteiger partial charge in [-0.05, 0) is 14.1 Å². The molecule has 0 unspecified atom stereocenters. The summed E-state index contributed by atoms with van der Waals surface area (Å²) in [6.45, 7) is 1.94. The number of aromatic amines is 1. The van der Waals surface area contributed by atoms with E-state index in [1.54, 1.807) is 0 Å². The lowest BCUT2D eigenvalue weighted by molar-refractivity contribution is 0.108. The van der Waals surface area contributed by atoms with Crippen LogP contribution in [0.15, 0.2) is 4.79 Å². The van der Waals surface area contributed by atoms with Crippen LogP contribution in [0.4, 0.5) is 0 Å². The van der Waals surface area contributed by atoms with Crippen LogP contribution in [0.2, 0.25) is 0 Å². The van der Waals surface area contributed by atoms with Crippen molar-refractivity contribution in [3.63, 3.8) is 0 Å². The number of likely N-dealkylation sites (N-methyl/N-ethyl adjacent to an activating group) is 1. The van der Waals surface area contributed by atoms with Crippen molar-refractivity contribution in [1.29, 1.82) is 0 Å². The molecule has 1 aromatic rings. The van der Waals surface area contributed by atoms with Gasteiger partial charge >= 0.3 is 0 Å². The van der Waals surface area contributed by atoms with Gasteiger partial charge in [-0.1, -0.05) is 0 Å². The number of rotatable bonds is 3. The SMILES string of the molecule is CN(C)CCc1nc2c(c(=O)[nH]1)COCC2. The van der Waals surface area contributed by atoms with Crippen molar-refractivity contribution < 1.29 is 4.74 Å². The molecule has 2 heterocycles. The van der Waals surface area contributed by atoms with E-state index in [2.05, 4.69) is 14.9 Å². The second-order valence-corrected chi connectivity index (χ2v) is 4.29. The van der Waals surface area contributed by atoms with Crippen molar-refractivity contribution in [3.05, 3.63) is 27.4 Å². The van der Waals surface area contributed by atoms with E-state index in [4.69, 9.17) is 4.74 Å². The smallest absolute Gasteiger partial charge is 0.256 e. The van der Waals surface area contributed by atoms with Gasteiger partial charge in [-0.3, -0.25) is 4.79 Å². The molecule has 1 aliphatic rings. The summed E-state index contributed by atoms with van der Waals surface area (Å²) < 4.78 is 5.25. The monoisotopic (exact) mass is 223 g/mol. The van der Waals surface area contributed by atoms with E-state index in [1.165, 1.54) is 0 Å². The average molecular weight is 223 g/mol. The first kappa shape index (κ1) is 11.3. The van der Waals surface area contributed by atoms with Crippen LogP contribution in [-0.2, 0) is 24.2 Å². The fourth-order valence-electron chi connectivity index (χ4n) is 1.74. The van der Waals surface area contributed by atoms with Gasteiger partial charge in [-0.25, -0.2) is 4.98 Å². The Labute approximate surface area is 94.5 Å². The van der Waals surface area contributed by atoms with Crippen molar-refractivity contribution >= 4 is 0 Å². The summed E-state index contributed by atoms with van der Waals surface area (Å²) in [5.74, 6) is 0.777. The third kappa shape index (κ3) is 2.48. The molecular formula is C11H17N3O2. The van der Waals surface area contributed by atoms with Crippen molar-refractivity contribution in [2.75, 3.05) is 27.2 Å². The van der Waals surface area contributed by atoms with Crippen LogP contribution in [0, 0.1) is 0 Å². The number of nitrogens with one attached hydrogen (secondary N) is 1. The maximum absolute atomic E-state index is 11.7. The highest BCUT2D eigenvalue weighted by Crippen LogP contribution is 2.10. The number of fused-ring (bicyclic) bond motifs is 1. The molecule has 2 rings (SSSR count). The van der Waals surface area contributed by atoms with Crippen LogP contribution < -0.4 is 5.56 Å². The number of H-pyrrole nitrogens is 1. The van der Waals surface area contributed by atoms with Crippen molar-refractivity contribution in [2.45, 2.75) is 19.4 Å². The number of nitrogens with zero attached hydrogens (tertiary/aromatic N) is 2. The first-order valence-corrected chi connectivity index (χ1v) is 5.50. The molecule has 0 saturated heterocycles. The second-order valence-electron chi connectivity index (χ2n) is 4.29. The Hall–Kier alpha value is -1.20. The normalized spacial score (nSPS) is 15.2. The van der Waals surface area contributed by atoms with E-state index in [9.17, 15) is 4.79 Å². The van der Waals surface area contributed by atoms with Crippen LogP contribution in [0.25, 0.3) is 0 Å². The number of hydrogen-bond donors (Lipinski definition) is 1. The van der Waals surface area contributed by atoms with Gasteiger partial charge in [0, 0.05) is 19.4 Å². The topological polar surface area (TPSA) is 58.2 Å². The molecule has 16 heavy (non-hydrogen) atoms. The van der Waals surface area contributed by atoms with E-state index >= 15 is 0 Å². The van der Waals surface area contributed by atoms with E-state index in [0.29, 0.717) is 18.8 Å². The fraction of sp³-hybridized carbons (Fsp3) is 0.636.